The standard InChI is InChI=1S/C9H18N2O3/c1-6(2)4-5-11(3)8(12)7(10)9(13)14/h6-7H,4-5,10H2,1-3H3,(H,13,14). The second kappa shape index (κ2) is 5.59. The second-order valence-electron chi connectivity index (χ2n) is 3.76. The SMILES string of the molecule is CC(C)CCN(C)C(=O)C(N)C(=O)O. The molecule has 82 valence electrons. The molecule has 14 heavy (non-hydrogen) atoms. The van der Waals surface area contributed by atoms with Gasteiger partial charge in [0.15, 0.2) is 6.04 Å². The number of rotatable bonds is 5. The molecule has 0 spiro atoms. The predicted molar refractivity (Wildman–Crippen MR) is 52.7 cm³/mol. The van der Waals surface area contributed by atoms with Crippen LogP contribution in [0.3, 0.4) is 0 Å². The summed E-state index contributed by atoms with van der Waals surface area (Å²) in [6, 6.07) is -1.44. The smallest absolute Gasteiger partial charge is 0.330 e. The topological polar surface area (TPSA) is 83.6 Å². The number of aliphatic carboxylic acids is 1. The van der Waals surface area contributed by atoms with Crippen molar-refractivity contribution >= 4 is 11.9 Å². The minimum Gasteiger partial charge on any atom is -0.480 e. The van der Waals surface area contributed by atoms with Crippen LogP contribution in [0.25, 0.3) is 0 Å². The zero-order valence-electron chi connectivity index (χ0n) is 8.86. The summed E-state index contributed by atoms with van der Waals surface area (Å²) in [4.78, 5) is 23.1. The molecule has 0 radical (unpaired) electrons. The van der Waals surface area contributed by atoms with Crippen molar-refractivity contribution < 1.29 is 14.7 Å². The van der Waals surface area contributed by atoms with E-state index in [2.05, 4.69) is 0 Å². The molecule has 1 atom stereocenters. The first-order valence-electron chi connectivity index (χ1n) is 4.59. The van der Waals surface area contributed by atoms with Gasteiger partial charge in [0.1, 0.15) is 0 Å². The molecular weight excluding hydrogens is 184 g/mol. The number of carboxylic acids is 1. The molecular formula is C9H18N2O3. The third-order valence-corrected chi connectivity index (χ3v) is 1.95. The molecule has 0 rings (SSSR count). The zero-order chi connectivity index (χ0) is 11.3. The van der Waals surface area contributed by atoms with Crippen LogP contribution in [0.15, 0.2) is 0 Å². The summed E-state index contributed by atoms with van der Waals surface area (Å²) in [5.41, 5.74) is 5.18. The van der Waals surface area contributed by atoms with E-state index in [4.69, 9.17) is 10.8 Å². The van der Waals surface area contributed by atoms with E-state index in [9.17, 15) is 9.59 Å². The number of hydrogen-bond acceptors (Lipinski definition) is 3. The Labute approximate surface area is 83.9 Å². The monoisotopic (exact) mass is 202 g/mol. The number of hydrogen-bond donors (Lipinski definition) is 2. The Balaban J connectivity index is 4.05. The van der Waals surface area contributed by atoms with E-state index < -0.39 is 17.9 Å². The van der Waals surface area contributed by atoms with Crippen LogP contribution in [-0.4, -0.2) is 41.5 Å². The Morgan fingerprint density at radius 2 is 1.93 bits per heavy atom. The van der Waals surface area contributed by atoms with E-state index >= 15 is 0 Å². The van der Waals surface area contributed by atoms with E-state index in [1.54, 1.807) is 7.05 Å². The maximum absolute atomic E-state index is 11.3. The number of nitrogens with zero attached hydrogens (tertiary/aromatic N) is 1. The number of carbonyl (C=O) groups is 2. The molecule has 0 aliphatic heterocycles. The molecule has 3 N–H and O–H groups in total. The van der Waals surface area contributed by atoms with Crippen molar-refractivity contribution in [1.82, 2.24) is 4.90 Å². The van der Waals surface area contributed by atoms with Crippen LogP contribution in [0.5, 0.6) is 0 Å². The van der Waals surface area contributed by atoms with Crippen molar-refractivity contribution in [1.29, 1.82) is 0 Å². The summed E-state index contributed by atoms with van der Waals surface area (Å²) in [5.74, 6) is -1.35. The number of nitrogens with two attached hydrogens (primary N) is 1. The third-order valence-electron chi connectivity index (χ3n) is 1.95. The van der Waals surface area contributed by atoms with Gasteiger partial charge in [-0.25, -0.2) is 4.79 Å². The summed E-state index contributed by atoms with van der Waals surface area (Å²) in [6.07, 6.45) is 0.842. The van der Waals surface area contributed by atoms with Gasteiger partial charge in [0, 0.05) is 13.6 Å². The second-order valence-corrected chi connectivity index (χ2v) is 3.76. The van der Waals surface area contributed by atoms with Gasteiger partial charge in [-0.05, 0) is 12.3 Å². The highest BCUT2D eigenvalue weighted by Gasteiger charge is 2.24. The van der Waals surface area contributed by atoms with Crippen LogP contribution in [0.2, 0.25) is 0 Å². The van der Waals surface area contributed by atoms with E-state index in [0.717, 1.165) is 6.42 Å². The van der Waals surface area contributed by atoms with E-state index in [1.807, 2.05) is 13.8 Å². The van der Waals surface area contributed by atoms with Crippen LogP contribution in [-0.2, 0) is 9.59 Å². The highest BCUT2D eigenvalue weighted by molar-refractivity contribution is 6.00. The Morgan fingerprint density at radius 1 is 1.43 bits per heavy atom. The lowest BCUT2D eigenvalue weighted by molar-refractivity contribution is -0.146. The average Bonchev–Trinajstić information content (AvgIpc) is 2.11. The van der Waals surface area contributed by atoms with Gasteiger partial charge in [0.2, 0.25) is 0 Å². The number of carbonyl (C=O) groups excluding carboxylic acids is 1. The summed E-state index contributed by atoms with van der Waals surface area (Å²) in [5, 5.41) is 8.51. The van der Waals surface area contributed by atoms with E-state index in [-0.39, 0.29) is 0 Å². The van der Waals surface area contributed by atoms with Crippen LogP contribution in [0, 0.1) is 5.92 Å². The molecule has 0 saturated heterocycles. The molecule has 0 aliphatic carbocycles. The van der Waals surface area contributed by atoms with Crippen molar-refractivity contribution in [2.75, 3.05) is 13.6 Å². The first-order valence-corrected chi connectivity index (χ1v) is 4.59. The quantitative estimate of drug-likeness (QED) is 0.610. The fourth-order valence-corrected chi connectivity index (χ4v) is 0.905. The van der Waals surface area contributed by atoms with Crippen LogP contribution >= 0.6 is 0 Å². The molecule has 0 aromatic rings. The molecule has 0 bridgehead atoms. The van der Waals surface area contributed by atoms with Crippen molar-refractivity contribution in [3.63, 3.8) is 0 Å². The average molecular weight is 202 g/mol. The molecule has 5 heteroatoms. The first kappa shape index (κ1) is 12.9. The lowest BCUT2D eigenvalue weighted by atomic mass is 10.1. The van der Waals surface area contributed by atoms with Gasteiger partial charge in [0.05, 0.1) is 0 Å². The number of carboxylic acid groups (broad SMARTS) is 1. The Hall–Kier alpha value is -1.10. The molecule has 0 aliphatic rings. The van der Waals surface area contributed by atoms with Gasteiger partial charge in [-0.3, -0.25) is 4.79 Å². The molecule has 0 aromatic heterocycles. The predicted octanol–water partition coefficient (Wildman–Crippen LogP) is -0.0972. The largest absolute Gasteiger partial charge is 0.480 e. The van der Waals surface area contributed by atoms with Crippen molar-refractivity contribution in [3.05, 3.63) is 0 Å². The van der Waals surface area contributed by atoms with Gasteiger partial charge in [0.25, 0.3) is 5.91 Å². The molecule has 0 heterocycles. The fourth-order valence-electron chi connectivity index (χ4n) is 0.905. The molecule has 1 amide bonds. The zero-order valence-corrected chi connectivity index (χ0v) is 8.86. The lowest BCUT2D eigenvalue weighted by Crippen LogP contribution is -2.47. The minimum absolute atomic E-state index is 0.478. The lowest BCUT2D eigenvalue weighted by Gasteiger charge is -2.20. The molecule has 0 fully saturated rings. The summed E-state index contributed by atoms with van der Waals surface area (Å²) in [6.45, 7) is 4.61. The van der Waals surface area contributed by atoms with Gasteiger partial charge >= 0.3 is 5.97 Å². The third kappa shape index (κ3) is 4.23. The molecule has 5 nitrogen and oxygen atoms in total. The van der Waals surface area contributed by atoms with Gasteiger partial charge in [-0.2, -0.15) is 0 Å². The van der Waals surface area contributed by atoms with Crippen LogP contribution < -0.4 is 5.73 Å². The summed E-state index contributed by atoms with van der Waals surface area (Å²) >= 11 is 0. The highest BCUT2D eigenvalue weighted by atomic mass is 16.4. The Kier molecular flexibility index (Phi) is 5.15. The maximum atomic E-state index is 11.3. The normalized spacial score (nSPS) is 12.6. The molecule has 1 unspecified atom stereocenters. The van der Waals surface area contributed by atoms with Gasteiger partial charge in [-0.1, -0.05) is 13.8 Å². The molecule has 0 aromatic carbocycles. The van der Waals surface area contributed by atoms with Crippen LogP contribution in [0.1, 0.15) is 20.3 Å². The van der Waals surface area contributed by atoms with E-state index in [0.29, 0.717) is 12.5 Å². The maximum Gasteiger partial charge on any atom is 0.330 e. The fraction of sp³-hybridized carbons (Fsp3) is 0.778. The van der Waals surface area contributed by atoms with Crippen molar-refractivity contribution in [2.24, 2.45) is 11.7 Å². The summed E-state index contributed by atoms with van der Waals surface area (Å²) < 4.78 is 0. The summed E-state index contributed by atoms with van der Waals surface area (Å²) in [7, 11) is 1.56. The molecule has 0 saturated carbocycles. The highest BCUT2D eigenvalue weighted by Crippen LogP contribution is 2.01. The van der Waals surface area contributed by atoms with Gasteiger partial charge in [-0.15, -0.1) is 0 Å². The number of amides is 1. The Bertz CT molecular complexity index is 216. The van der Waals surface area contributed by atoms with E-state index in [1.165, 1.54) is 4.90 Å². The Morgan fingerprint density at radius 3 is 2.29 bits per heavy atom. The van der Waals surface area contributed by atoms with Crippen molar-refractivity contribution in [3.8, 4) is 0 Å². The number of likely N-dealkylation sites (N-methyl/N-ethyl adjacent to an activating group) is 1. The first-order chi connectivity index (χ1) is 6.36. The van der Waals surface area contributed by atoms with Crippen molar-refractivity contribution in [2.45, 2.75) is 26.3 Å². The van der Waals surface area contributed by atoms with Gasteiger partial charge < -0.3 is 15.7 Å². The minimum atomic E-state index is -1.44. The van der Waals surface area contributed by atoms with Crippen LogP contribution in [0.4, 0.5) is 0 Å².